The summed E-state index contributed by atoms with van der Waals surface area (Å²) in [6.07, 6.45) is 0.717. The maximum absolute atomic E-state index is 13.1. The highest BCUT2D eigenvalue weighted by molar-refractivity contribution is 6.46. The van der Waals surface area contributed by atoms with Crippen LogP contribution in [0.2, 0.25) is 5.02 Å². The van der Waals surface area contributed by atoms with Crippen molar-refractivity contribution >= 4 is 29.1 Å². The van der Waals surface area contributed by atoms with Gasteiger partial charge in [-0.1, -0.05) is 37.6 Å². The summed E-state index contributed by atoms with van der Waals surface area (Å²) < 4.78 is 5.46. The van der Waals surface area contributed by atoms with E-state index in [1.807, 2.05) is 13.0 Å². The van der Waals surface area contributed by atoms with Crippen molar-refractivity contribution in [2.75, 3.05) is 32.8 Å². The lowest BCUT2D eigenvalue weighted by molar-refractivity contribution is -0.140. The molecule has 0 aromatic heterocycles. The molecule has 1 amide bonds. The van der Waals surface area contributed by atoms with E-state index < -0.39 is 17.7 Å². The summed E-state index contributed by atoms with van der Waals surface area (Å²) in [5.41, 5.74) is 1.22. The summed E-state index contributed by atoms with van der Waals surface area (Å²) in [7, 11) is 0. The predicted octanol–water partition coefficient (Wildman–Crippen LogP) is 4.89. The van der Waals surface area contributed by atoms with Crippen LogP contribution in [0.5, 0.6) is 5.75 Å². The molecule has 0 radical (unpaired) electrons. The third-order valence-electron chi connectivity index (χ3n) is 5.91. The summed E-state index contributed by atoms with van der Waals surface area (Å²) in [5, 5.41) is 11.6. The SMILES string of the molecule is CCOc1ccc(/C(O)=C2\C(=O)C(=O)N(CCCN(CC)CC)C2c2cccc(Cl)c2)cc1. The molecule has 2 aromatic carbocycles. The first-order valence-corrected chi connectivity index (χ1v) is 11.8. The molecule has 33 heavy (non-hydrogen) atoms. The van der Waals surface area contributed by atoms with E-state index in [-0.39, 0.29) is 11.3 Å². The van der Waals surface area contributed by atoms with E-state index in [1.165, 1.54) is 0 Å². The van der Waals surface area contributed by atoms with Crippen LogP contribution < -0.4 is 4.74 Å². The smallest absolute Gasteiger partial charge is 0.295 e. The Balaban J connectivity index is 2.00. The van der Waals surface area contributed by atoms with Gasteiger partial charge in [0.1, 0.15) is 11.5 Å². The number of nitrogens with zero attached hydrogens (tertiary/aromatic N) is 2. The third kappa shape index (κ3) is 5.57. The molecule has 0 spiro atoms. The number of rotatable bonds is 10. The molecule has 7 heteroatoms. The Labute approximate surface area is 200 Å². The molecule has 1 atom stereocenters. The molecule has 0 saturated carbocycles. The fraction of sp³-hybridized carbons (Fsp3) is 0.385. The lowest BCUT2D eigenvalue weighted by Gasteiger charge is -2.27. The lowest BCUT2D eigenvalue weighted by Crippen LogP contribution is -2.33. The highest BCUT2D eigenvalue weighted by Gasteiger charge is 2.45. The largest absolute Gasteiger partial charge is 0.507 e. The molecule has 3 rings (SSSR count). The van der Waals surface area contributed by atoms with Gasteiger partial charge in [-0.15, -0.1) is 0 Å². The van der Waals surface area contributed by atoms with E-state index in [2.05, 4.69) is 18.7 Å². The van der Waals surface area contributed by atoms with Crippen molar-refractivity contribution in [1.29, 1.82) is 0 Å². The van der Waals surface area contributed by atoms with Gasteiger partial charge in [0.05, 0.1) is 18.2 Å². The zero-order valence-corrected chi connectivity index (χ0v) is 20.1. The molecular weight excluding hydrogens is 440 g/mol. The van der Waals surface area contributed by atoms with Crippen LogP contribution >= 0.6 is 11.6 Å². The molecule has 6 nitrogen and oxygen atoms in total. The number of carbonyl (C=O) groups excluding carboxylic acids is 2. The zero-order chi connectivity index (χ0) is 24.0. The van der Waals surface area contributed by atoms with E-state index >= 15 is 0 Å². The molecule has 1 unspecified atom stereocenters. The number of benzene rings is 2. The second-order valence-corrected chi connectivity index (χ2v) is 8.32. The number of hydrogen-bond acceptors (Lipinski definition) is 5. The van der Waals surface area contributed by atoms with Gasteiger partial charge in [0.2, 0.25) is 0 Å². The Hall–Kier alpha value is -2.83. The van der Waals surface area contributed by atoms with E-state index in [9.17, 15) is 14.7 Å². The van der Waals surface area contributed by atoms with E-state index in [0.717, 1.165) is 26.1 Å². The fourth-order valence-electron chi connectivity index (χ4n) is 4.17. The van der Waals surface area contributed by atoms with Gasteiger partial charge in [-0.2, -0.15) is 0 Å². The Morgan fingerprint density at radius 3 is 2.39 bits per heavy atom. The Morgan fingerprint density at radius 2 is 1.79 bits per heavy atom. The van der Waals surface area contributed by atoms with Gasteiger partial charge in [0.25, 0.3) is 11.7 Å². The van der Waals surface area contributed by atoms with Gasteiger partial charge in [0.15, 0.2) is 0 Å². The van der Waals surface area contributed by atoms with Crippen LogP contribution in [-0.4, -0.2) is 59.4 Å². The quantitative estimate of drug-likeness (QED) is 0.304. The van der Waals surface area contributed by atoms with Crippen LogP contribution in [0.15, 0.2) is 54.1 Å². The van der Waals surface area contributed by atoms with Crippen LogP contribution in [0.1, 0.15) is 44.4 Å². The molecule has 1 aliphatic rings. The summed E-state index contributed by atoms with van der Waals surface area (Å²) in [6, 6.07) is 13.2. The Bertz CT molecular complexity index is 1020. The molecule has 0 bridgehead atoms. The lowest BCUT2D eigenvalue weighted by atomic mass is 9.95. The van der Waals surface area contributed by atoms with Gasteiger partial charge < -0.3 is 19.6 Å². The molecular formula is C26H31ClN2O4. The average molecular weight is 471 g/mol. The number of amides is 1. The topological polar surface area (TPSA) is 70.1 Å². The first-order chi connectivity index (χ1) is 15.9. The number of carbonyl (C=O) groups is 2. The van der Waals surface area contributed by atoms with Crippen molar-refractivity contribution in [3.05, 3.63) is 70.3 Å². The predicted molar refractivity (Wildman–Crippen MR) is 130 cm³/mol. The number of Topliss-reactive ketones (excluding diaryl/α,β-unsaturated/α-hetero) is 1. The monoisotopic (exact) mass is 470 g/mol. The average Bonchev–Trinajstić information content (AvgIpc) is 3.07. The maximum atomic E-state index is 13.1. The number of likely N-dealkylation sites (tertiary alicyclic amines) is 1. The van der Waals surface area contributed by atoms with Crippen molar-refractivity contribution < 1.29 is 19.4 Å². The fourth-order valence-corrected chi connectivity index (χ4v) is 4.37. The highest BCUT2D eigenvalue weighted by Crippen LogP contribution is 2.40. The molecule has 1 fully saturated rings. The summed E-state index contributed by atoms with van der Waals surface area (Å²) in [6.45, 7) is 9.67. The molecule has 1 aliphatic heterocycles. The number of hydrogen-bond donors (Lipinski definition) is 1. The Morgan fingerprint density at radius 1 is 1.09 bits per heavy atom. The molecule has 2 aromatic rings. The van der Waals surface area contributed by atoms with Gasteiger partial charge in [-0.3, -0.25) is 9.59 Å². The van der Waals surface area contributed by atoms with Crippen molar-refractivity contribution in [3.63, 3.8) is 0 Å². The maximum Gasteiger partial charge on any atom is 0.295 e. The van der Waals surface area contributed by atoms with Crippen LogP contribution in [-0.2, 0) is 9.59 Å². The third-order valence-corrected chi connectivity index (χ3v) is 6.15. The minimum absolute atomic E-state index is 0.0780. The number of ether oxygens (including phenoxy) is 1. The molecule has 1 heterocycles. The summed E-state index contributed by atoms with van der Waals surface area (Å²) in [4.78, 5) is 30.0. The Kier molecular flexibility index (Phi) is 8.53. The van der Waals surface area contributed by atoms with Gasteiger partial charge in [-0.25, -0.2) is 0 Å². The van der Waals surface area contributed by atoms with Crippen molar-refractivity contribution in [1.82, 2.24) is 9.80 Å². The number of ketones is 1. The van der Waals surface area contributed by atoms with Gasteiger partial charge >= 0.3 is 0 Å². The number of aliphatic hydroxyl groups is 1. The van der Waals surface area contributed by atoms with Gasteiger partial charge in [0, 0.05) is 17.1 Å². The van der Waals surface area contributed by atoms with Crippen molar-refractivity contribution in [2.45, 2.75) is 33.2 Å². The minimum Gasteiger partial charge on any atom is -0.507 e. The first-order valence-electron chi connectivity index (χ1n) is 11.4. The molecule has 1 N–H and O–H groups in total. The zero-order valence-electron chi connectivity index (χ0n) is 19.4. The van der Waals surface area contributed by atoms with Crippen LogP contribution in [0.3, 0.4) is 0 Å². The highest BCUT2D eigenvalue weighted by atomic mass is 35.5. The molecule has 176 valence electrons. The summed E-state index contributed by atoms with van der Waals surface area (Å²) in [5.74, 6) is -0.828. The van der Waals surface area contributed by atoms with Gasteiger partial charge in [-0.05, 0) is 74.9 Å². The normalized spacial score (nSPS) is 17.7. The minimum atomic E-state index is -0.702. The standard InChI is InChI=1S/C26H31ClN2O4/c1-4-28(5-2)15-8-16-29-23(19-9-7-10-20(27)17-19)22(25(31)26(29)32)24(30)18-11-13-21(14-12-18)33-6-3/h7,9-14,17,23,30H,4-6,8,15-16H2,1-3H3/b24-22+. The second kappa shape index (κ2) is 11.3. The van der Waals surface area contributed by atoms with E-state index in [1.54, 1.807) is 47.4 Å². The van der Waals surface area contributed by atoms with E-state index in [0.29, 0.717) is 35.1 Å². The van der Waals surface area contributed by atoms with Crippen LogP contribution in [0.25, 0.3) is 5.76 Å². The van der Waals surface area contributed by atoms with Crippen LogP contribution in [0, 0.1) is 0 Å². The number of aliphatic hydroxyl groups excluding tert-OH is 1. The number of halogens is 1. The second-order valence-electron chi connectivity index (χ2n) is 7.89. The molecule has 0 aliphatic carbocycles. The first kappa shape index (κ1) is 24.8. The van der Waals surface area contributed by atoms with Crippen molar-refractivity contribution in [3.8, 4) is 5.75 Å². The molecule has 1 saturated heterocycles. The van der Waals surface area contributed by atoms with E-state index in [4.69, 9.17) is 16.3 Å². The van der Waals surface area contributed by atoms with Crippen LogP contribution in [0.4, 0.5) is 0 Å². The summed E-state index contributed by atoms with van der Waals surface area (Å²) >= 11 is 6.23. The van der Waals surface area contributed by atoms with Crippen molar-refractivity contribution in [2.24, 2.45) is 0 Å².